The second kappa shape index (κ2) is 5.40. The highest BCUT2D eigenvalue weighted by molar-refractivity contribution is 5.89. The van der Waals surface area contributed by atoms with Gasteiger partial charge in [0.15, 0.2) is 0 Å². The molecule has 0 bridgehead atoms. The summed E-state index contributed by atoms with van der Waals surface area (Å²) < 4.78 is 11.8. The van der Waals surface area contributed by atoms with Gasteiger partial charge in [0.25, 0.3) is 5.88 Å². The summed E-state index contributed by atoms with van der Waals surface area (Å²) in [4.78, 5) is 27.5. The van der Waals surface area contributed by atoms with E-state index in [-0.39, 0.29) is 17.5 Å². The van der Waals surface area contributed by atoms with Crippen LogP contribution in [0.1, 0.15) is 29.2 Å². The van der Waals surface area contributed by atoms with Crippen LogP contribution in [0, 0.1) is 0 Å². The van der Waals surface area contributed by atoms with Crippen LogP contribution in [0.3, 0.4) is 0 Å². The SMILES string of the molecule is COC(=O)c1ccc(Oc2nccn(C3CC3)c2=O)cc1. The van der Waals surface area contributed by atoms with Crippen molar-refractivity contribution in [2.75, 3.05) is 7.11 Å². The van der Waals surface area contributed by atoms with Crippen LogP contribution in [-0.4, -0.2) is 22.6 Å². The number of carbonyl (C=O) groups is 1. The molecule has 6 heteroatoms. The topological polar surface area (TPSA) is 70.4 Å². The van der Waals surface area contributed by atoms with Gasteiger partial charge in [-0.2, -0.15) is 0 Å². The molecule has 0 radical (unpaired) electrons. The van der Waals surface area contributed by atoms with Crippen molar-refractivity contribution in [1.82, 2.24) is 9.55 Å². The van der Waals surface area contributed by atoms with Crippen molar-refractivity contribution in [2.45, 2.75) is 18.9 Å². The zero-order chi connectivity index (χ0) is 14.8. The Morgan fingerprint density at radius 3 is 2.62 bits per heavy atom. The Morgan fingerprint density at radius 1 is 1.29 bits per heavy atom. The van der Waals surface area contributed by atoms with Gasteiger partial charge < -0.3 is 14.0 Å². The zero-order valence-electron chi connectivity index (χ0n) is 11.5. The molecule has 1 heterocycles. The maximum atomic E-state index is 12.2. The monoisotopic (exact) mass is 286 g/mol. The molecule has 0 atom stereocenters. The molecule has 0 aliphatic heterocycles. The molecule has 108 valence electrons. The molecule has 0 spiro atoms. The molecule has 1 aromatic carbocycles. The summed E-state index contributed by atoms with van der Waals surface area (Å²) >= 11 is 0. The van der Waals surface area contributed by atoms with Crippen LogP contribution in [0.4, 0.5) is 0 Å². The van der Waals surface area contributed by atoms with Crippen LogP contribution in [0.15, 0.2) is 41.5 Å². The van der Waals surface area contributed by atoms with Gasteiger partial charge in [-0.1, -0.05) is 0 Å². The summed E-state index contributed by atoms with van der Waals surface area (Å²) in [5, 5.41) is 0. The first-order valence-corrected chi connectivity index (χ1v) is 6.62. The highest BCUT2D eigenvalue weighted by atomic mass is 16.5. The average Bonchev–Trinajstić information content (AvgIpc) is 3.34. The Balaban J connectivity index is 1.82. The zero-order valence-corrected chi connectivity index (χ0v) is 11.5. The molecule has 1 aliphatic carbocycles. The Kier molecular flexibility index (Phi) is 3.43. The van der Waals surface area contributed by atoms with E-state index in [9.17, 15) is 9.59 Å². The van der Waals surface area contributed by atoms with E-state index in [0.29, 0.717) is 11.3 Å². The summed E-state index contributed by atoms with van der Waals surface area (Å²) in [7, 11) is 1.32. The Bertz CT molecular complexity index is 717. The average molecular weight is 286 g/mol. The van der Waals surface area contributed by atoms with Crippen molar-refractivity contribution >= 4 is 5.97 Å². The van der Waals surface area contributed by atoms with E-state index in [1.54, 1.807) is 41.2 Å². The highest BCUT2D eigenvalue weighted by Gasteiger charge is 2.25. The van der Waals surface area contributed by atoms with Crippen molar-refractivity contribution in [2.24, 2.45) is 0 Å². The number of aromatic nitrogens is 2. The summed E-state index contributed by atoms with van der Waals surface area (Å²) in [6, 6.07) is 6.61. The van der Waals surface area contributed by atoms with E-state index in [1.165, 1.54) is 7.11 Å². The lowest BCUT2D eigenvalue weighted by Gasteiger charge is -2.07. The predicted molar refractivity (Wildman–Crippen MR) is 74.6 cm³/mol. The van der Waals surface area contributed by atoms with E-state index in [4.69, 9.17) is 4.74 Å². The van der Waals surface area contributed by atoms with Gasteiger partial charge in [-0.05, 0) is 37.1 Å². The minimum Gasteiger partial charge on any atom is -0.465 e. The summed E-state index contributed by atoms with van der Waals surface area (Å²) in [5.41, 5.74) is 0.179. The number of nitrogens with zero attached hydrogens (tertiary/aromatic N) is 2. The molecule has 1 saturated carbocycles. The van der Waals surface area contributed by atoms with Crippen LogP contribution in [-0.2, 0) is 4.74 Å². The van der Waals surface area contributed by atoms with Crippen LogP contribution in [0.5, 0.6) is 11.6 Å². The Morgan fingerprint density at radius 2 is 2.00 bits per heavy atom. The van der Waals surface area contributed by atoms with Crippen LogP contribution in [0.2, 0.25) is 0 Å². The van der Waals surface area contributed by atoms with E-state index < -0.39 is 5.97 Å². The molecule has 2 aromatic rings. The second-order valence-corrected chi connectivity index (χ2v) is 4.79. The largest absolute Gasteiger partial charge is 0.465 e. The van der Waals surface area contributed by atoms with Gasteiger partial charge in [0.2, 0.25) is 0 Å². The third-order valence-corrected chi connectivity index (χ3v) is 3.27. The first kappa shape index (κ1) is 13.4. The van der Waals surface area contributed by atoms with Crippen LogP contribution < -0.4 is 10.3 Å². The molecular weight excluding hydrogens is 272 g/mol. The molecule has 1 fully saturated rings. The number of carbonyl (C=O) groups excluding carboxylic acids is 1. The summed E-state index contributed by atoms with van der Waals surface area (Å²) in [5.74, 6) is 0.0616. The smallest absolute Gasteiger partial charge is 0.337 e. The minimum atomic E-state index is -0.421. The van der Waals surface area contributed by atoms with Gasteiger partial charge in [0.1, 0.15) is 5.75 Å². The lowest BCUT2D eigenvalue weighted by atomic mass is 10.2. The number of hydrogen-bond acceptors (Lipinski definition) is 5. The summed E-state index contributed by atoms with van der Waals surface area (Å²) in [6.45, 7) is 0. The molecule has 21 heavy (non-hydrogen) atoms. The van der Waals surface area contributed by atoms with Gasteiger partial charge in [0, 0.05) is 18.4 Å². The number of ether oxygens (including phenoxy) is 2. The minimum absolute atomic E-state index is 0.0372. The maximum absolute atomic E-state index is 12.2. The predicted octanol–water partition coefficient (Wildman–Crippen LogP) is 2.16. The van der Waals surface area contributed by atoms with Crippen LogP contribution in [0.25, 0.3) is 0 Å². The van der Waals surface area contributed by atoms with Gasteiger partial charge in [0.05, 0.1) is 12.7 Å². The first-order chi connectivity index (χ1) is 10.2. The maximum Gasteiger partial charge on any atom is 0.337 e. The van der Waals surface area contributed by atoms with Crippen molar-refractivity contribution in [1.29, 1.82) is 0 Å². The number of methoxy groups -OCH3 is 1. The van der Waals surface area contributed by atoms with Gasteiger partial charge in [-0.3, -0.25) is 4.79 Å². The van der Waals surface area contributed by atoms with Crippen molar-refractivity contribution in [3.63, 3.8) is 0 Å². The third kappa shape index (κ3) is 2.79. The normalized spacial score (nSPS) is 13.8. The van der Waals surface area contributed by atoms with Crippen LogP contribution >= 0.6 is 0 Å². The quantitative estimate of drug-likeness (QED) is 0.805. The fourth-order valence-corrected chi connectivity index (χ4v) is 2.01. The Hall–Kier alpha value is -2.63. The van der Waals surface area contributed by atoms with Crippen molar-refractivity contribution < 1.29 is 14.3 Å². The molecule has 1 aromatic heterocycles. The second-order valence-electron chi connectivity index (χ2n) is 4.79. The van der Waals surface area contributed by atoms with Gasteiger partial charge in [-0.15, -0.1) is 0 Å². The van der Waals surface area contributed by atoms with E-state index in [2.05, 4.69) is 9.72 Å². The van der Waals surface area contributed by atoms with E-state index in [0.717, 1.165) is 12.8 Å². The van der Waals surface area contributed by atoms with Crippen molar-refractivity contribution in [3.8, 4) is 11.6 Å². The number of rotatable bonds is 4. The molecule has 0 N–H and O–H groups in total. The molecule has 1 aliphatic rings. The lowest BCUT2D eigenvalue weighted by Crippen LogP contribution is -2.20. The highest BCUT2D eigenvalue weighted by Crippen LogP contribution is 2.33. The molecule has 0 amide bonds. The first-order valence-electron chi connectivity index (χ1n) is 6.62. The molecule has 3 rings (SSSR count). The lowest BCUT2D eigenvalue weighted by molar-refractivity contribution is 0.0600. The molecule has 0 unspecified atom stereocenters. The number of hydrogen-bond donors (Lipinski definition) is 0. The van der Waals surface area contributed by atoms with Crippen molar-refractivity contribution in [3.05, 3.63) is 52.6 Å². The fraction of sp³-hybridized carbons (Fsp3) is 0.267. The molecular formula is C15H14N2O4. The van der Waals surface area contributed by atoms with E-state index in [1.807, 2.05) is 0 Å². The van der Waals surface area contributed by atoms with Gasteiger partial charge >= 0.3 is 11.5 Å². The third-order valence-electron chi connectivity index (χ3n) is 3.27. The Labute approximate surface area is 121 Å². The van der Waals surface area contributed by atoms with E-state index >= 15 is 0 Å². The van der Waals surface area contributed by atoms with Gasteiger partial charge in [-0.25, -0.2) is 9.78 Å². The number of esters is 1. The molecule has 0 saturated heterocycles. The summed E-state index contributed by atoms with van der Waals surface area (Å²) in [6.07, 6.45) is 5.25. The standard InChI is InChI=1S/C15H14N2O4/c1-20-15(19)10-2-6-12(7-3-10)21-13-14(18)17(9-8-16-13)11-4-5-11/h2-3,6-9,11H,4-5H2,1H3. The number of benzene rings is 1. The fourth-order valence-electron chi connectivity index (χ4n) is 2.01. The molecule has 6 nitrogen and oxygen atoms in total.